The highest BCUT2D eigenvalue weighted by Crippen LogP contribution is 2.40. The number of amides is 1. The third-order valence-electron chi connectivity index (χ3n) is 8.09. The maximum Gasteiger partial charge on any atom is 0.348 e. The molecule has 0 spiro atoms. The fourth-order valence-electron chi connectivity index (χ4n) is 5.78. The van der Waals surface area contributed by atoms with Gasteiger partial charge in [-0.15, -0.1) is 11.3 Å². The Labute approximate surface area is 231 Å². The van der Waals surface area contributed by atoms with E-state index in [-0.39, 0.29) is 34.3 Å². The summed E-state index contributed by atoms with van der Waals surface area (Å²) in [5, 5.41) is 21.4. The van der Waals surface area contributed by atoms with Gasteiger partial charge in [0.1, 0.15) is 4.88 Å². The number of hydrogen-bond acceptors (Lipinski definition) is 5. The molecule has 1 unspecified atom stereocenters. The standard InChI is InChI=1S/C31H43NO5S/c1-21-9-11-22(12-10-21)28(33)32(26-19-25(15-16-30(2,3)4)38-27(26)29(34)35)23-13-17-31(36,18-14-23)20-37-24-7-5-6-8-24/h9,19,22-24,36H,5-8,10-14,17-18,20H2,1-4H3,(H,34,35). The molecule has 2 N–H and O–H groups in total. The molecule has 4 rings (SSSR count). The zero-order valence-electron chi connectivity index (χ0n) is 23.3. The SMILES string of the molecule is CC1=CCC(C(=O)N(c2cc(C#CC(C)(C)C)sc2C(=O)O)C2CCC(O)(COC3CCCC3)CC2)CC1. The third kappa shape index (κ3) is 7.28. The van der Waals surface area contributed by atoms with Crippen LogP contribution in [-0.2, 0) is 9.53 Å². The lowest BCUT2D eigenvalue weighted by Crippen LogP contribution is -2.50. The van der Waals surface area contributed by atoms with Crippen molar-refractivity contribution in [2.24, 2.45) is 11.3 Å². The lowest BCUT2D eigenvalue weighted by Gasteiger charge is -2.42. The van der Waals surface area contributed by atoms with Crippen molar-refractivity contribution in [3.63, 3.8) is 0 Å². The second-order valence-electron chi connectivity index (χ2n) is 12.5. The van der Waals surface area contributed by atoms with Crippen LogP contribution in [-0.4, -0.2) is 46.4 Å². The highest BCUT2D eigenvalue weighted by molar-refractivity contribution is 7.15. The van der Waals surface area contributed by atoms with Crippen molar-refractivity contribution < 1.29 is 24.5 Å². The maximum atomic E-state index is 14.1. The maximum absolute atomic E-state index is 14.1. The van der Waals surface area contributed by atoms with E-state index in [4.69, 9.17) is 4.74 Å². The fourth-order valence-corrected chi connectivity index (χ4v) is 6.62. The van der Waals surface area contributed by atoms with Crippen molar-refractivity contribution >= 4 is 28.9 Å². The molecule has 1 aromatic heterocycles. The number of anilines is 1. The number of carbonyl (C=O) groups excluding carboxylic acids is 1. The topological polar surface area (TPSA) is 87.1 Å². The minimum Gasteiger partial charge on any atom is -0.477 e. The first-order valence-corrected chi connectivity index (χ1v) is 15.0. The molecule has 1 aromatic rings. The second kappa shape index (κ2) is 11.9. The van der Waals surface area contributed by atoms with Crippen molar-refractivity contribution in [2.45, 2.75) is 116 Å². The summed E-state index contributed by atoms with van der Waals surface area (Å²) in [6.07, 6.45) is 11.5. The van der Waals surface area contributed by atoms with Gasteiger partial charge >= 0.3 is 5.97 Å². The molecular formula is C31H43NO5S. The van der Waals surface area contributed by atoms with Crippen LogP contribution < -0.4 is 4.90 Å². The number of aliphatic hydroxyl groups is 1. The number of allylic oxidation sites excluding steroid dienone is 2. The smallest absolute Gasteiger partial charge is 0.348 e. The number of nitrogens with zero attached hydrogens (tertiary/aromatic N) is 1. The van der Waals surface area contributed by atoms with Crippen LogP contribution >= 0.6 is 11.3 Å². The van der Waals surface area contributed by atoms with Crippen LogP contribution in [0.3, 0.4) is 0 Å². The Kier molecular flexibility index (Phi) is 9.07. The van der Waals surface area contributed by atoms with Gasteiger partial charge in [-0.05, 0) is 91.5 Å². The molecule has 3 aliphatic carbocycles. The van der Waals surface area contributed by atoms with E-state index in [1.807, 2.05) is 20.8 Å². The Bertz CT molecular complexity index is 1100. The first-order valence-electron chi connectivity index (χ1n) is 14.2. The van der Waals surface area contributed by atoms with Gasteiger partial charge in [-0.25, -0.2) is 4.79 Å². The molecule has 1 amide bonds. The first-order chi connectivity index (χ1) is 17.9. The number of thiophene rings is 1. The molecule has 6 nitrogen and oxygen atoms in total. The second-order valence-corrected chi connectivity index (χ2v) is 13.6. The third-order valence-corrected chi connectivity index (χ3v) is 9.12. The molecule has 0 saturated heterocycles. The van der Waals surface area contributed by atoms with Crippen molar-refractivity contribution in [2.75, 3.05) is 11.5 Å². The molecule has 208 valence electrons. The van der Waals surface area contributed by atoms with E-state index in [1.54, 1.807) is 11.0 Å². The van der Waals surface area contributed by atoms with Gasteiger partial charge in [-0.3, -0.25) is 4.79 Å². The van der Waals surface area contributed by atoms with Gasteiger partial charge < -0.3 is 19.8 Å². The van der Waals surface area contributed by atoms with Gasteiger partial charge in [-0.2, -0.15) is 0 Å². The number of hydrogen-bond donors (Lipinski definition) is 2. The number of aromatic carboxylic acids is 1. The van der Waals surface area contributed by atoms with Gasteiger partial charge in [-0.1, -0.05) is 36.3 Å². The normalized spacial score (nSPS) is 26.4. The molecule has 0 radical (unpaired) electrons. The van der Waals surface area contributed by atoms with Gasteiger partial charge in [0, 0.05) is 17.4 Å². The van der Waals surface area contributed by atoms with Crippen LogP contribution in [0.25, 0.3) is 0 Å². The molecule has 1 atom stereocenters. The summed E-state index contributed by atoms with van der Waals surface area (Å²) < 4.78 is 6.06. The Balaban J connectivity index is 1.60. The molecule has 7 heteroatoms. The van der Waals surface area contributed by atoms with Crippen LogP contribution in [0.1, 0.15) is 113 Å². The number of carboxylic acid groups (broad SMARTS) is 1. The van der Waals surface area contributed by atoms with Crippen molar-refractivity contribution in [1.29, 1.82) is 0 Å². The van der Waals surface area contributed by atoms with Gasteiger partial charge in [0.05, 0.1) is 28.9 Å². The Hall–Kier alpha value is -2.14. The number of carboxylic acids is 1. The van der Waals surface area contributed by atoms with E-state index >= 15 is 0 Å². The molecule has 3 aliphatic rings. The molecule has 2 fully saturated rings. The van der Waals surface area contributed by atoms with E-state index in [2.05, 4.69) is 24.8 Å². The van der Waals surface area contributed by atoms with E-state index in [0.29, 0.717) is 49.3 Å². The zero-order valence-corrected chi connectivity index (χ0v) is 24.2. The molecule has 1 heterocycles. The Morgan fingerprint density at radius 3 is 2.42 bits per heavy atom. The van der Waals surface area contributed by atoms with Crippen molar-refractivity contribution in [1.82, 2.24) is 0 Å². The molecule has 0 aliphatic heterocycles. The van der Waals surface area contributed by atoms with Gasteiger partial charge in [0.2, 0.25) is 5.91 Å². The van der Waals surface area contributed by atoms with Crippen molar-refractivity contribution in [3.8, 4) is 11.8 Å². The number of carbonyl (C=O) groups is 2. The molecule has 2 saturated carbocycles. The van der Waals surface area contributed by atoms with Crippen molar-refractivity contribution in [3.05, 3.63) is 27.5 Å². The summed E-state index contributed by atoms with van der Waals surface area (Å²) in [5.74, 6) is 5.11. The summed E-state index contributed by atoms with van der Waals surface area (Å²) in [7, 11) is 0. The average molecular weight is 542 g/mol. The van der Waals surface area contributed by atoms with Gasteiger partial charge in [0.25, 0.3) is 0 Å². The lowest BCUT2D eigenvalue weighted by molar-refractivity contribution is -0.124. The highest BCUT2D eigenvalue weighted by Gasteiger charge is 2.41. The zero-order chi connectivity index (χ0) is 27.5. The number of rotatable bonds is 7. The Morgan fingerprint density at radius 1 is 1.16 bits per heavy atom. The van der Waals surface area contributed by atoms with Gasteiger partial charge in [0.15, 0.2) is 0 Å². The monoisotopic (exact) mass is 541 g/mol. The minimum absolute atomic E-state index is 0.0120. The fraction of sp³-hybridized carbons (Fsp3) is 0.677. The predicted molar refractivity (Wildman–Crippen MR) is 152 cm³/mol. The van der Waals surface area contributed by atoms with Crippen LogP contribution in [0.4, 0.5) is 5.69 Å². The molecule has 38 heavy (non-hydrogen) atoms. The summed E-state index contributed by atoms with van der Waals surface area (Å²) in [6.45, 7) is 8.47. The number of ether oxygens (including phenoxy) is 1. The highest BCUT2D eigenvalue weighted by atomic mass is 32.1. The average Bonchev–Trinajstić information content (AvgIpc) is 3.53. The quantitative estimate of drug-likeness (QED) is 0.302. The van der Waals surface area contributed by atoms with Crippen LogP contribution in [0, 0.1) is 23.2 Å². The van der Waals surface area contributed by atoms with E-state index in [9.17, 15) is 19.8 Å². The predicted octanol–water partition coefficient (Wildman–Crippen LogP) is 6.56. The summed E-state index contributed by atoms with van der Waals surface area (Å²) in [5.41, 5.74) is 0.636. The Morgan fingerprint density at radius 2 is 1.84 bits per heavy atom. The lowest BCUT2D eigenvalue weighted by atomic mass is 9.81. The van der Waals surface area contributed by atoms with Crippen LogP contribution in [0.2, 0.25) is 0 Å². The van der Waals surface area contributed by atoms with E-state index in [0.717, 1.165) is 37.0 Å². The van der Waals surface area contributed by atoms with Crippen LogP contribution in [0.5, 0.6) is 0 Å². The van der Waals surface area contributed by atoms with E-state index in [1.165, 1.54) is 18.4 Å². The van der Waals surface area contributed by atoms with E-state index < -0.39 is 11.6 Å². The molecular weight excluding hydrogens is 498 g/mol. The van der Waals surface area contributed by atoms with Crippen LogP contribution in [0.15, 0.2) is 17.7 Å². The molecule has 0 aromatic carbocycles. The largest absolute Gasteiger partial charge is 0.477 e. The minimum atomic E-state index is -1.04. The first kappa shape index (κ1) is 28.9. The molecule has 0 bridgehead atoms. The summed E-state index contributed by atoms with van der Waals surface area (Å²) in [4.78, 5) is 29.0. The summed E-state index contributed by atoms with van der Waals surface area (Å²) >= 11 is 1.14. The summed E-state index contributed by atoms with van der Waals surface area (Å²) in [6, 6.07) is 1.62.